The summed E-state index contributed by atoms with van der Waals surface area (Å²) < 4.78 is 31.6. The Hall–Kier alpha value is -1.19. The summed E-state index contributed by atoms with van der Waals surface area (Å²) in [6.07, 6.45) is 0.724. The molecule has 1 rings (SSSR count). The first-order valence-electron chi connectivity index (χ1n) is 5.25. The van der Waals surface area contributed by atoms with Crippen molar-refractivity contribution in [2.75, 3.05) is 18.6 Å². The van der Waals surface area contributed by atoms with Gasteiger partial charge in [-0.05, 0) is 24.1 Å². The lowest BCUT2D eigenvalue weighted by molar-refractivity contribution is 0.299. The molecule has 0 aliphatic heterocycles. The van der Waals surface area contributed by atoms with E-state index < -0.39 is 10.4 Å². The van der Waals surface area contributed by atoms with Gasteiger partial charge < -0.3 is 10.5 Å². The number of hydrazine groups is 1. The average molecular weight is 278 g/mol. The average Bonchev–Trinajstić information content (AvgIpc) is 2.26. The van der Waals surface area contributed by atoms with Gasteiger partial charge in [0.25, 0.3) is 0 Å². The maximum Gasteiger partial charge on any atom is 0.394 e. The van der Waals surface area contributed by atoms with E-state index in [4.69, 9.17) is 22.6 Å². The quantitative estimate of drug-likeness (QED) is 0.393. The normalized spacial score (nSPS) is 10.4. The Morgan fingerprint density at radius 1 is 1.17 bits per heavy atom. The molecule has 1 aromatic rings. The maximum absolute atomic E-state index is 8.74. The standard InChI is InChI=1S/C10H16N2O.H2O4S/c1-2-11-12-10-5-3-9(4-6-10)7-8-13;1-5(2,3)4/h3-6,11-13H,2,7-8H2,1H3;(H2,1,2,3,4). The first-order chi connectivity index (χ1) is 8.36. The number of hydrogen-bond donors (Lipinski definition) is 5. The van der Waals surface area contributed by atoms with E-state index in [9.17, 15) is 0 Å². The third-order valence-corrected chi connectivity index (χ3v) is 1.76. The van der Waals surface area contributed by atoms with Gasteiger partial charge in [-0.15, -0.1) is 0 Å². The van der Waals surface area contributed by atoms with E-state index >= 15 is 0 Å². The summed E-state index contributed by atoms with van der Waals surface area (Å²) in [6.45, 7) is 3.13. The predicted molar refractivity (Wildman–Crippen MR) is 68.7 cm³/mol. The highest BCUT2D eigenvalue weighted by Crippen LogP contribution is 2.08. The van der Waals surface area contributed by atoms with Crippen molar-refractivity contribution in [1.29, 1.82) is 0 Å². The predicted octanol–water partition coefficient (Wildman–Crippen LogP) is 0.505. The molecule has 0 saturated carbocycles. The van der Waals surface area contributed by atoms with E-state index in [1.165, 1.54) is 0 Å². The second-order valence-electron chi connectivity index (χ2n) is 3.27. The van der Waals surface area contributed by atoms with Crippen LogP contribution < -0.4 is 10.9 Å². The first kappa shape index (κ1) is 16.8. The largest absolute Gasteiger partial charge is 0.396 e. The van der Waals surface area contributed by atoms with Crippen LogP contribution in [0.2, 0.25) is 0 Å². The molecule has 0 radical (unpaired) electrons. The lowest BCUT2D eigenvalue weighted by Gasteiger charge is -2.06. The monoisotopic (exact) mass is 278 g/mol. The molecular formula is C10H18N2O5S. The van der Waals surface area contributed by atoms with E-state index in [1.54, 1.807) is 0 Å². The van der Waals surface area contributed by atoms with E-state index in [-0.39, 0.29) is 6.61 Å². The number of anilines is 1. The molecule has 0 spiro atoms. The molecule has 0 aromatic heterocycles. The van der Waals surface area contributed by atoms with Gasteiger partial charge in [-0.3, -0.25) is 9.11 Å². The van der Waals surface area contributed by atoms with Gasteiger partial charge in [-0.2, -0.15) is 8.42 Å². The van der Waals surface area contributed by atoms with Gasteiger partial charge in [0.2, 0.25) is 0 Å². The molecule has 0 fully saturated rings. The molecule has 0 heterocycles. The summed E-state index contributed by atoms with van der Waals surface area (Å²) in [5.74, 6) is 0. The second-order valence-corrected chi connectivity index (χ2v) is 4.17. The Kier molecular flexibility index (Phi) is 8.25. The highest BCUT2D eigenvalue weighted by atomic mass is 32.3. The fraction of sp³-hybridized carbons (Fsp3) is 0.400. The van der Waals surface area contributed by atoms with Crippen molar-refractivity contribution in [2.45, 2.75) is 13.3 Å². The molecule has 0 amide bonds. The van der Waals surface area contributed by atoms with Crippen LogP contribution in [0.15, 0.2) is 24.3 Å². The van der Waals surface area contributed by atoms with Gasteiger partial charge in [0.1, 0.15) is 0 Å². The highest BCUT2D eigenvalue weighted by Gasteiger charge is 1.92. The Morgan fingerprint density at radius 3 is 2.06 bits per heavy atom. The fourth-order valence-electron chi connectivity index (χ4n) is 1.07. The zero-order valence-electron chi connectivity index (χ0n) is 10.00. The number of benzene rings is 1. The third kappa shape index (κ3) is 11.3. The molecule has 0 saturated heterocycles. The summed E-state index contributed by atoms with van der Waals surface area (Å²) in [6, 6.07) is 8.01. The SMILES string of the molecule is CCNNc1ccc(CCO)cc1.O=S(=O)(O)O. The van der Waals surface area contributed by atoms with Gasteiger partial charge >= 0.3 is 10.4 Å². The molecule has 0 aliphatic carbocycles. The van der Waals surface area contributed by atoms with Crippen LogP contribution in [-0.2, 0) is 16.8 Å². The minimum atomic E-state index is -4.67. The van der Waals surface area contributed by atoms with Crippen molar-refractivity contribution in [2.24, 2.45) is 0 Å². The number of hydrogen-bond acceptors (Lipinski definition) is 5. The molecule has 18 heavy (non-hydrogen) atoms. The second kappa shape index (κ2) is 8.84. The lowest BCUT2D eigenvalue weighted by Crippen LogP contribution is -2.20. The van der Waals surface area contributed by atoms with E-state index in [0.717, 1.165) is 24.2 Å². The summed E-state index contributed by atoms with van der Waals surface area (Å²) in [5.41, 5.74) is 8.27. The van der Waals surface area contributed by atoms with Crippen molar-refractivity contribution in [1.82, 2.24) is 5.43 Å². The van der Waals surface area contributed by atoms with Crippen molar-refractivity contribution in [3.05, 3.63) is 29.8 Å². The van der Waals surface area contributed by atoms with Crippen LogP contribution in [0, 0.1) is 0 Å². The maximum atomic E-state index is 8.74. The summed E-state index contributed by atoms with van der Waals surface area (Å²) in [4.78, 5) is 0. The van der Waals surface area contributed by atoms with E-state index in [0.29, 0.717) is 0 Å². The summed E-state index contributed by atoms with van der Waals surface area (Å²) >= 11 is 0. The van der Waals surface area contributed by atoms with Crippen LogP contribution in [0.4, 0.5) is 5.69 Å². The van der Waals surface area contributed by atoms with Crippen LogP contribution in [0.3, 0.4) is 0 Å². The Morgan fingerprint density at radius 2 is 1.67 bits per heavy atom. The lowest BCUT2D eigenvalue weighted by atomic mass is 10.1. The van der Waals surface area contributed by atoms with Crippen LogP contribution in [0.5, 0.6) is 0 Å². The zero-order chi connectivity index (χ0) is 14.0. The topological polar surface area (TPSA) is 119 Å². The van der Waals surface area contributed by atoms with Crippen LogP contribution in [0.25, 0.3) is 0 Å². The molecule has 7 nitrogen and oxygen atoms in total. The molecule has 1 aromatic carbocycles. The smallest absolute Gasteiger partial charge is 0.394 e. The zero-order valence-corrected chi connectivity index (χ0v) is 10.8. The molecular weight excluding hydrogens is 260 g/mol. The van der Waals surface area contributed by atoms with Crippen molar-refractivity contribution in [3.8, 4) is 0 Å². The molecule has 5 N–H and O–H groups in total. The van der Waals surface area contributed by atoms with Gasteiger partial charge in [0.05, 0.1) is 0 Å². The van der Waals surface area contributed by atoms with Crippen molar-refractivity contribution >= 4 is 16.1 Å². The van der Waals surface area contributed by atoms with Crippen LogP contribution >= 0.6 is 0 Å². The summed E-state index contributed by atoms with van der Waals surface area (Å²) in [5, 5.41) is 8.70. The molecule has 0 unspecified atom stereocenters. The molecule has 104 valence electrons. The Labute approximate surface area is 106 Å². The molecule has 0 aliphatic rings. The highest BCUT2D eigenvalue weighted by molar-refractivity contribution is 7.79. The van der Waals surface area contributed by atoms with Crippen LogP contribution in [-0.4, -0.2) is 35.8 Å². The molecule has 0 bridgehead atoms. The van der Waals surface area contributed by atoms with Crippen molar-refractivity contribution < 1.29 is 22.6 Å². The van der Waals surface area contributed by atoms with Gasteiger partial charge in [0.15, 0.2) is 0 Å². The molecule has 8 heteroatoms. The number of aliphatic hydroxyl groups is 1. The van der Waals surface area contributed by atoms with Crippen molar-refractivity contribution in [3.63, 3.8) is 0 Å². The first-order valence-corrected chi connectivity index (χ1v) is 6.65. The minimum absolute atomic E-state index is 0.208. The van der Waals surface area contributed by atoms with Gasteiger partial charge in [-0.1, -0.05) is 19.1 Å². The summed E-state index contributed by atoms with van der Waals surface area (Å²) in [7, 11) is -4.67. The van der Waals surface area contributed by atoms with E-state index in [2.05, 4.69) is 10.9 Å². The van der Waals surface area contributed by atoms with Gasteiger partial charge in [0, 0.05) is 18.8 Å². The third-order valence-electron chi connectivity index (χ3n) is 1.76. The number of nitrogens with one attached hydrogen (secondary N) is 2. The minimum Gasteiger partial charge on any atom is -0.396 e. The van der Waals surface area contributed by atoms with Gasteiger partial charge in [-0.25, -0.2) is 5.43 Å². The Balaban J connectivity index is 0.000000494. The Bertz CT molecular complexity index is 410. The number of aliphatic hydroxyl groups excluding tert-OH is 1. The number of rotatable bonds is 5. The molecule has 0 atom stereocenters. The van der Waals surface area contributed by atoms with Crippen LogP contribution in [0.1, 0.15) is 12.5 Å². The fourth-order valence-corrected chi connectivity index (χ4v) is 1.07. The van der Waals surface area contributed by atoms with E-state index in [1.807, 2.05) is 31.2 Å².